The molecule has 0 amide bonds. The van der Waals surface area contributed by atoms with Crippen molar-refractivity contribution in [2.45, 2.75) is 32.7 Å². The predicted octanol–water partition coefficient (Wildman–Crippen LogP) is 4.40. The van der Waals surface area contributed by atoms with Gasteiger partial charge in [-0.1, -0.05) is 29.8 Å². The van der Waals surface area contributed by atoms with Gasteiger partial charge < -0.3 is 4.57 Å². The highest BCUT2D eigenvalue weighted by atomic mass is 35.5. The van der Waals surface area contributed by atoms with Crippen LogP contribution in [0, 0.1) is 13.8 Å². The first kappa shape index (κ1) is 14.1. The summed E-state index contributed by atoms with van der Waals surface area (Å²) in [5.41, 5.74) is 5.39. The predicted molar refractivity (Wildman–Crippen MR) is 86.8 cm³/mol. The number of halogens is 1. The minimum Gasteiger partial charge on any atom is -0.304 e. The summed E-state index contributed by atoms with van der Waals surface area (Å²) in [6.45, 7) is 6.27. The van der Waals surface area contributed by atoms with Crippen molar-refractivity contribution in [1.82, 2.24) is 14.5 Å². The van der Waals surface area contributed by atoms with E-state index in [-0.39, 0.29) is 6.04 Å². The summed E-state index contributed by atoms with van der Waals surface area (Å²) >= 11 is 6.09. The molecule has 3 rings (SSSR count). The Balaban J connectivity index is 2.16. The molecule has 4 heteroatoms. The Morgan fingerprint density at radius 1 is 1.14 bits per heavy atom. The summed E-state index contributed by atoms with van der Waals surface area (Å²) in [5.74, 6) is 1.24. The number of aryl methyl sites for hydroxylation is 2. The van der Waals surface area contributed by atoms with E-state index in [0.717, 1.165) is 22.6 Å². The van der Waals surface area contributed by atoms with Crippen molar-refractivity contribution < 1.29 is 0 Å². The van der Waals surface area contributed by atoms with Crippen molar-refractivity contribution in [3.8, 4) is 0 Å². The van der Waals surface area contributed by atoms with Crippen LogP contribution < -0.4 is 0 Å². The van der Waals surface area contributed by atoms with Crippen molar-refractivity contribution in [2.24, 2.45) is 0 Å². The molecule has 0 aliphatic heterocycles. The molecule has 0 saturated heterocycles. The van der Waals surface area contributed by atoms with Gasteiger partial charge in [0, 0.05) is 6.20 Å². The maximum atomic E-state index is 6.09. The summed E-state index contributed by atoms with van der Waals surface area (Å²) in [4.78, 5) is 9.18. The molecule has 3 nitrogen and oxygen atoms in total. The molecular weight excluding hydrogens is 282 g/mol. The molecule has 0 radical (unpaired) electrons. The number of benzene rings is 1. The monoisotopic (exact) mass is 299 g/mol. The van der Waals surface area contributed by atoms with E-state index in [4.69, 9.17) is 11.6 Å². The van der Waals surface area contributed by atoms with Crippen LogP contribution in [0.3, 0.4) is 0 Å². The van der Waals surface area contributed by atoms with Crippen LogP contribution in [-0.2, 0) is 5.88 Å². The second-order valence-corrected chi connectivity index (χ2v) is 5.74. The van der Waals surface area contributed by atoms with Crippen LogP contribution in [0.4, 0.5) is 0 Å². The van der Waals surface area contributed by atoms with E-state index in [2.05, 4.69) is 58.7 Å². The van der Waals surface area contributed by atoms with Gasteiger partial charge in [0.25, 0.3) is 0 Å². The van der Waals surface area contributed by atoms with Crippen LogP contribution in [0.25, 0.3) is 11.2 Å². The number of fused-ring (bicyclic) bond motifs is 1. The molecule has 108 valence electrons. The average molecular weight is 300 g/mol. The minimum absolute atomic E-state index is 0.152. The minimum atomic E-state index is 0.152. The van der Waals surface area contributed by atoms with Crippen LogP contribution in [0.2, 0.25) is 0 Å². The summed E-state index contributed by atoms with van der Waals surface area (Å²) in [6, 6.07) is 10.8. The number of alkyl halides is 1. The Bertz CT molecular complexity index is 775. The van der Waals surface area contributed by atoms with Gasteiger partial charge in [0.15, 0.2) is 5.65 Å². The van der Waals surface area contributed by atoms with Crippen LogP contribution in [0.15, 0.2) is 36.5 Å². The van der Waals surface area contributed by atoms with Crippen LogP contribution in [0.5, 0.6) is 0 Å². The molecule has 0 N–H and O–H groups in total. The fraction of sp³-hybridized carbons (Fsp3) is 0.294. The molecule has 1 unspecified atom stereocenters. The number of hydrogen-bond acceptors (Lipinski definition) is 2. The smallest absolute Gasteiger partial charge is 0.160 e. The number of hydrogen-bond donors (Lipinski definition) is 0. The number of pyridine rings is 1. The van der Waals surface area contributed by atoms with Gasteiger partial charge in [0.2, 0.25) is 0 Å². The second kappa shape index (κ2) is 5.49. The Labute approximate surface area is 129 Å². The van der Waals surface area contributed by atoms with Crippen LogP contribution in [0.1, 0.15) is 35.5 Å². The number of rotatable bonds is 3. The molecule has 0 bridgehead atoms. The third-order valence-electron chi connectivity index (χ3n) is 3.81. The van der Waals surface area contributed by atoms with Gasteiger partial charge in [0.05, 0.1) is 11.9 Å². The zero-order valence-electron chi connectivity index (χ0n) is 12.5. The maximum Gasteiger partial charge on any atom is 0.160 e. The zero-order valence-corrected chi connectivity index (χ0v) is 13.2. The number of nitrogens with zero attached hydrogens (tertiary/aromatic N) is 3. The van der Waals surface area contributed by atoms with Gasteiger partial charge >= 0.3 is 0 Å². The summed E-state index contributed by atoms with van der Waals surface area (Å²) in [7, 11) is 0. The molecule has 3 aromatic rings. The summed E-state index contributed by atoms with van der Waals surface area (Å²) < 4.78 is 2.13. The molecule has 0 saturated carbocycles. The molecular formula is C17H18ClN3. The van der Waals surface area contributed by atoms with Gasteiger partial charge in [-0.25, -0.2) is 9.97 Å². The molecule has 0 spiro atoms. The largest absolute Gasteiger partial charge is 0.304 e. The first-order valence-corrected chi connectivity index (χ1v) is 7.59. The van der Waals surface area contributed by atoms with Crippen molar-refractivity contribution >= 4 is 22.8 Å². The number of imidazole rings is 1. The molecule has 1 atom stereocenters. The Morgan fingerprint density at radius 2 is 1.86 bits per heavy atom. The van der Waals surface area contributed by atoms with E-state index >= 15 is 0 Å². The fourth-order valence-electron chi connectivity index (χ4n) is 2.62. The standard InChI is InChI=1S/C17H18ClN3/c1-11-4-6-14(7-5-11)13(3)21-16(9-18)20-15-8-12(2)10-19-17(15)21/h4-8,10,13H,9H2,1-3H3. The molecule has 0 aliphatic carbocycles. The van der Waals surface area contributed by atoms with Gasteiger partial charge in [-0.15, -0.1) is 11.6 Å². The lowest BCUT2D eigenvalue weighted by Gasteiger charge is -2.17. The van der Waals surface area contributed by atoms with E-state index in [1.165, 1.54) is 11.1 Å². The van der Waals surface area contributed by atoms with Crippen molar-refractivity contribution in [3.63, 3.8) is 0 Å². The molecule has 0 fully saturated rings. The average Bonchev–Trinajstić information content (AvgIpc) is 2.84. The first-order valence-electron chi connectivity index (χ1n) is 7.06. The number of aromatic nitrogens is 3. The third kappa shape index (κ3) is 2.54. The van der Waals surface area contributed by atoms with Crippen LogP contribution >= 0.6 is 11.6 Å². The highest BCUT2D eigenvalue weighted by Gasteiger charge is 2.17. The summed E-state index contributed by atoms with van der Waals surface area (Å²) in [5, 5.41) is 0. The summed E-state index contributed by atoms with van der Waals surface area (Å²) in [6.07, 6.45) is 1.88. The third-order valence-corrected chi connectivity index (χ3v) is 4.05. The van der Waals surface area contributed by atoms with Crippen LogP contribution in [-0.4, -0.2) is 14.5 Å². The second-order valence-electron chi connectivity index (χ2n) is 5.47. The zero-order chi connectivity index (χ0) is 15.0. The lowest BCUT2D eigenvalue weighted by molar-refractivity contribution is 0.629. The molecule has 2 heterocycles. The topological polar surface area (TPSA) is 30.7 Å². The van der Waals surface area contributed by atoms with Gasteiger partial charge in [-0.2, -0.15) is 0 Å². The van der Waals surface area contributed by atoms with E-state index < -0.39 is 0 Å². The lowest BCUT2D eigenvalue weighted by atomic mass is 10.1. The normalized spacial score (nSPS) is 12.8. The SMILES string of the molecule is Cc1ccc(C(C)n2c(CCl)nc3cc(C)cnc32)cc1. The van der Waals surface area contributed by atoms with Gasteiger partial charge in [-0.05, 0) is 38.0 Å². The van der Waals surface area contributed by atoms with E-state index in [0.29, 0.717) is 5.88 Å². The van der Waals surface area contributed by atoms with Crippen molar-refractivity contribution in [1.29, 1.82) is 0 Å². The lowest BCUT2D eigenvalue weighted by Crippen LogP contribution is -2.10. The van der Waals surface area contributed by atoms with Gasteiger partial charge in [-0.3, -0.25) is 0 Å². The van der Waals surface area contributed by atoms with E-state index in [1.807, 2.05) is 13.1 Å². The quantitative estimate of drug-likeness (QED) is 0.671. The fourth-order valence-corrected chi connectivity index (χ4v) is 2.81. The Kier molecular flexibility index (Phi) is 3.68. The molecule has 2 aromatic heterocycles. The van der Waals surface area contributed by atoms with Crippen molar-refractivity contribution in [3.05, 3.63) is 59.0 Å². The van der Waals surface area contributed by atoms with E-state index in [1.54, 1.807) is 0 Å². The molecule has 1 aromatic carbocycles. The highest BCUT2D eigenvalue weighted by Crippen LogP contribution is 2.26. The molecule has 0 aliphatic rings. The van der Waals surface area contributed by atoms with Gasteiger partial charge in [0.1, 0.15) is 11.3 Å². The Hall–Kier alpha value is -1.87. The maximum absolute atomic E-state index is 6.09. The Morgan fingerprint density at radius 3 is 2.52 bits per heavy atom. The molecule has 21 heavy (non-hydrogen) atoms. The highest BCUT2D eigenvalue weighted by molar-refractivity contribution is 6.16. The van der Waals surface area contributed by atoms with E-state index in [9.17, 15) is 0 Å². The van der Waals surface area contributed by atoms with Crippen molar-refractivity contribution in [2.75, 3.05) is 0 Å². The first-order chi connectivity index (χ1) is 10.1.